The smallest absolute Gasteiger partial charge is 0.411 e. The number of anilines is 1. The number of rotatable bonds is 4. The fraction of sp³-hybridized carbons (Fsp3) is 0.364. The monoisotopic (exact) mass is 396 g/mol. The lowest BCUT2D eigenvalue weighted by molar-refractivity contribution is 0.0735. The van der Waals surface area contributed by atoms with E-state index in [1.165, 1.54) is 0 Å². The second-order valence-electron chi connectivity index (χ2n) is 6.98. The highest BCUT2D eigenvalue weighted by Crippen LogP contribution is 2.38. The van der Waals surface area contributed by atoms with E-state index in [4.69, 9.17) is 14.2 Å². The van der Waals surface area contributed by atoms with E-state index in [0.29, 0.717) is 37.6 Å². The van der Waals surface area contributed by atoms with Crippen molar-refractivity contribution >= 4 is 17.7 Å². The molecule has 0 bridgehead atoms. The van der Waals surface area contributed by atoms with Gasteiger partial charge < -0.3 is 19.1 Å². The molecule has 4 rings (SSSR count). The lowest BCUT2D eigenvalue weighted by Crippen LogP contribution is -2.30. The van der Waals surface area contributed by atoms with Gasteiger partial charge in [0.1, 0.15) is 13.2 Å². The Hall–Kier alpha value is -3.22. The summed E-state index contributed by atoms with van der Waals surface area (Å²) in [5.74, 6) is 1.47. The molecule has 152 valence electrons. The molecule has 2 aromatic carbocycles. The van der Waals surface area contributed by atoms with Crippen LogP contribution in [0.5, 0.6) is 11.5 Å². The van der Waals surface area contributed by atoms with Crippen LogP contribution in [0.2, 0.25) is 0 Å². The summed E-state index contributed by atoms with van der Waals surface area (Å²) in [5, 5.41) is 2.63. The molecule has 0 radical (unpaired) electrons. The average Bonchev–Trinajstić information content (AvgIpc) is 3.23. The summed E-state index contributed by atoms with van der Waals surface area (Å²) < 4.78 is 16.2. The van der Waals surface area contributed by atoms with Crippen LogP contribution in [0.1, 0.15) is 41.7 Å². The minimum absolute atomic E-state index is 0.00987. The first-order chi connectivity index (χ1) is 14.2. The second kappa shape index (κ2) is 8.43. The number of likely N-dealkylation sites (tertiary alicyclic amines) is 1. The maximum absolute atomic E-state index is 13.1. The van der Waals surface area contributed by atoms with E-state index in [0.717, 1.165) is 29.9 Å². The van der Waals surface area contributed by atoms with E-state index < -0.39 is 6.09 Å². The summed E-state index contributed by atoms with van der Waals surface area (Å²) >= 11 is 0. The van der Waals surface area contributed by atoms with Crippen LogP contribution in [0.4, 0.5) is 10.5 Å². The molecule has 0 spiro atoms. The third-order valence-electron chi connectivity index (χ3n) is 5.12. The molecule has 2 aliphatic rings. The van der Waals surface area contributed by atoms with Crippen LogP contribution in [-0.4, -0.2) is 43.3 Å². The Labute approximate surface area is 169 Å². The van der Waals surface area contributed by atoms with Crippen molar-refractivity contribution in [2.75, 3.05) is 31.7 Å². The first-order valence-electron chi connectivity index (χ1n) is 9.90. The first-order valence-corrected chi connectivity index (χ1v) is 9.90. The van der Waals surface area contributed by atoms with E-state index in [1.807, 2.05) is 23.1 Å². The van der Waals surface area contributed by atoms with Gasteiger partial charge in [-0.05, 0) is 61.7 Å². The molecule has 1 unspecified atom stereocenters. The van der Waals surface area contributed by atoms with Gasteiger partial charge in [-0.1, -0.05) is 6.07 Å². The number of carbonyl (C=O) groups is 2. The number of hydrogen-bond donors (Lipinski definition) is 1. The summed E-state index contributed by atoms with van der Waals surface area (Å²) in [6.07, 6.45) is 1.35. The van der Waals surface area contributed by atoms with Gasteiger partial charge in [-0.15, -0.1) is 0 Å². The van der Waals surface area contributed by atoms with Crippen molar-refractivity contribution < 1.29 is 23.8 Å². The zero-order valence-corrected chi connectivity index (χ0v) is 16.3. The molecule has 1 saturated heterocycles. The lowest BCUT2D eigenvalue weighted by Gasteiger charge is -2.27. The highest BCUT2D eigenvalue weighted by atomic mass is 16.6. The summed E-state index contributed by atoms with van der Waals surface area (Å²) in [7, 11) is 0. The Morgan fingerprint density at radius 3 is 2.62 bits per heavy atom. The maximum atomic E-state index is 13.1. The third-order valence-corrected chi connectivity index (χ3v) is 5.12. The van der Waals surface area contributed by atoms with Crippen LogP contribution in [-0.2, 0) is 4.74 Å². The van der Waals surface area contributed by atoms with Gasteiger partial charge in [0.25, 0.3) is 5.91 Å². The normalized spacial score (nSPS) is 17.7. The SMILES string of the molecule is CCOC(=O)Nc1ccc(C(=O)N2CCCC2c2ccc3c(c2)OCCO3)cc1. The number of ether oxygens (including phenoxy) is 3. The molecule has 2 aromatic rings. The molecule has 7 heteroatoms. The zero-order chi connectivity index (χ0) is 20.2. The highest BCUT2D eigenvalue weighted by molar-refractivity contribution is 5.95. The minimum Gasteiger partial charge on any atom is -0.486 e. The van der Waals surface area contributed by atoms with Crippen molar-refractivity contribution in [3.63, 3.8) is 0 Å². The highest BCUT2D eigenvalue weighted by Gasteiger charge is 2.31. The van der Waals surface area contributed by atoms with Crippen molar-refractivity contribution in [3.8, 4) is 11.5 Å². The lowest BCUT2D eigenvalue weighted by atomic mass is 10.0. The molecule has 1 fully saturated rings. The van der Waals surface area contributed by atoms with Gasteiger partial charge in [-0.25, -0.2) is 4.79 Å². The summed E-state index contributed by atoms with van der Waals surface area (Å²) in [5.41, 5.74) is 2.23. The summed E-state index contributed by atoms with van der Waals surface area (Å²) in [4.78, 5) is 26.5. The molecule has 0 aliphatic carbocycles. The van der Waals surface area contributed by atoms with E-state index in [1.54, 1.807) is 31.2 Å². The number of nitrogens with zero attached hydrogens (tertiary/aromatic N) is 1. The predicted molar refractivity (Wildman–Crippen MR) is 108 cm³/mol. The molecule has 7 nitrogen and oxygen atoms in total. The van der Waals surface area contributed by atoms with Crippen molar-refractivity contribution in [1.82, 2.24) is 4.90 Å². The van der Waals surface area contributed by atoms with Gasteiger partial charge in [-0.2, -0.15) is 0 Å². The molecular weight excluding hydrogens is 372 g/mol. The predicted octanol–water partition coefficient (Wildman–Crippen LogP) is 4.00. The summed E-state index contributed by atoms with van der Waals surface area (Å²) in [6.45, 7) is 3.85. The van der Waals surface area contributed by atoms with Gasteiger partial charge in [0.2, 0.25) is 0 Å². The molecular formula is C22H24N2O5. The molecule has 2 heterocycles. The van der Waals surface area contributed by atoms with E-state index in [9.17, 15) is 9.59 Å². The molecule has 1 atom stereocenters. The Balaban J connectivity index is 1.48. The quantitative estimate of drug-likeness (QED) is 0.845. The van der Waals surface area contributed by atoms with Crippen LogP contribution in [0.3, 0.4) is 0 Å². The molecule has 1 N–H and O–H groups in total. The van der Waals surface area contributed by atoms with Crippen LogP contribution < -0.4 is 14.8 Å². The van der Waals surface area contributed by atoms with Crippen LogP contribution in [0, 0.1) is 0 Å². The third kappa shape index (κ3) is 4.13. The molecule has 2 amide bonds. The van der Waals surface area contributed by atoms with Crippen molar-refractivity contribution in [2.24, 2.45) is 0 Å². The van der Waals surface area contributed by atoms with Crippen LogP contribution in [0.15, 0.2) is 42.5 Å². The Morgan fingerprint density at radius 1 is 1.10 bits per heavy atom. The number of benzene rings is 2. The van der Waals surface area contributed by atoms with Gasteiger partial charge in [-0.3, -0.25) is 10.1 Å². The van der Waals surface area contributed by atoms with Gasteiger partial charge in [0.15, 0.2) is 11.5 Å². The largest absolute Gasteiger partial charge is 0.486 e. The number of carbonyl (C=O) groups excluding carboxylic acids is 2. The zero-order valence-electron chi connectivity index (χ0n) is 16.3. The molecule has 29 heavy (non-hydrogen) atoms. The molecule has 0 aromatic heterocycles. The van der Waals surface area contributed by atoms with Crippen LogP contribution in [0.25, 0.3) is 0 Å². The van der Waals surface area contributed by atoms with E-state index in [-0.39, 0.29) is 11.9 Å². The van der Waals surface area contributed by atoms with Crippen molar-refractivity contribution in [1.29, 1.82) is 0 Å². The fourth-order valence-corrected chi connectivity index (χ4v) is 3.77. The van der Waals surface area contributed by atoms with Crippen LogP contribution >= 0.6 is 0 Å². The number of amides is 2. The van der Waals surface area contributed by atoms with Crippen molar-refractivity contribution in [2.45, 2.75) is 25.8 Å². The van der Waals surface area contributed by atoms with Crippen molar-refractivity contribution in [3.05, 3.63) is 53.6 Å². The molecule has 2 aliphatic heterocycles. The van der Waals surface area contributed by atoms with Gasteiger partial charge >= 0.3 is 6.09 Å². The minimum atomic E-state index is -0.509. The first kappa shape index (κ1) is 19.1. The standard InChI is InChI=1S/C22H24N2O5/c1-2-27-22(26)23-17-8-5-15(6-9-17)21(25)24-11-3-4-18(24)16-7-10-19-20(14-16)29-13-12-28-19/h5-10,14,18H,2-4,11-13H2,1H3,(H,23,26). The van der Waals surface area contributed by atoms with Gasteiger partial charge in [0, 0.05) is 17.8 Å². The fourth-order valence-electron chi connectivity index (χ4n) is 3.77. The maximum Gasteiger partial charge on any atom is 0.411 e. The number of hydrogen-bond acceptors (Lipinski definition) is 5. The topological polar surface area (TPSA) is 77.1 Å². The van der Waals surface area contributed by atoms with Gasteiger partial charge in [0.05, 0.1) is 12.6 Å². The Morgan fingerprint density at radius 2 is 1.86 bits per heavy atom. The number of fused-ring (bicyclic) bond motifs is 1. The molecule has 0 saturated carbocycles. The van der Waals surface area contributed by atoms with E-state index in [2.05, 4.69) is 5.32 Å². The Bertz CT molecular complexity index is 897. The second-order valence-corrected chi connectivity index (χ2v) is 6.98. The Kier molecular flexibility index (Phi) is 5.55. The average molecular weight is 396 g/mol. The van der Waals surface area contributed by atoms with E-state index >= 15 is 0 Å². The number of nitrogens with one attached hydrogen (secondary N) is 1. The summed E-state index contributed by atoms with van der Waals surface area (Å²) in [6, 6.07) is 12.8.